The van der Waals surface area contributed by atoms with Gasteiger partial charge in [-0.2, -0.15) is 0 Å². The smallest absolute Gasteiger partial charge is 0.251 e. The molecule has 7 heteroatoms. The van der Waals surface area contributed by atoms with Crippen LogP contribution in [0.3, 0.4) is 0 Å². The van der Waals surface area contributed by atoms with Crippen molar-refractivity contribution in [3.05, 3.63) is 6.20 Å². The van der Waals surface area contributed by atoms with Crippen LogP contribution in [0.15, 0.2) is 6.20 Å². The molecule has 2 rings (SSSR count). The number of ether oxygens (including phenoxy) is 1. The van der Waals surface area contributed by atoms with Crippen LogP contribution in [0.2, 0.25) is 0 Å². The van der Waals surface area contributed by atoms with Crippen LogP contribution in [0.5, 0.6) is 0 Å². The van der Waals surface area contributed by atoms with Crippen LogP contribution >= 0.6 is 11.5 Å². The maximum atomic E-state index is 11.5. The first kappa shape index (κ1) is 11.4. The van der Waals surface area contributed by atoms with Crippen molar-refractivity contribution >= 4 is 22.4 Å². The van der Waals surface area contributed by atoms with Crippen LogP contribution in [0.1, 0.15) is 12.8 Å². The van der Waals surface area contributed by atoms with E-state index >= 15 is 0 Å². The van der Waals surface area contributed by atoms with E-state index in [1.807, 2.05) is 0 Å². The molecule has 0 unspecified atom stereocenters. The largest absolute Gasteiger partial charge is 0.368 e. The summed E-state index contributed by atoms with van der Waals surface area (Å²) in [6, 6.07) is 0. The fourth-order valence-corrected chi connectivity index (χ4v) is 1.99. The molecule has 0 aromatic carbocycles. The van der Waals surface area contributed by atoms with E-state index in [4.69, 9.17) is 4.74 Å². The van der Waals surface area contributed by atoms with E-state index in [0.29, 0.717) is 5.00 Å². The molecule has 2 heterocycles. The van der Waals surface area contributed by atoms with E-state index in [1.54, 1.807) is 0 Å². The molecule has 2 N–H and O–H groups in total. The second-order valence-electron chi connectivity index (χ2n) is 3.59. The molecule has 1 aromatic rings. The van der Waals surface area contributed by atoms with Gasteiger partial charge in [-0.3, -0.25) is 4.79 Å². The summed E-state index contributed by atoms with van der Waals surface area (Å²) in [7, 11) is 0. The molecule has 16 heavy (non-hydrogen) atoms. The Morgan fingerprint density at radius 3 is 3.12 bits per heavy atom. The third kappa shape index (κ3) is 3.51. The standard InChI is InChI=1S/C9H14N4O2S/c14-8(12-9-5-11-13-16-9)6-15-7-1-3-10-4-2-7/h5,7,10H,1-4,6H2,(H,12,14). The van der Waals surface area contributed by atoms with Crippen LogP contribution in [0.25, 0.3) is 0 Å². The lowest BCUT2D eigenvalue weighted by molar-refractivity contribution is -0.123. The minimum Gasteiger partial charge on any atom is -0.368 e. The fraction of sp³-hybridized carbons (Fsp3) is 0.667. The Morgan fingerprint density at radius 2 is 2.44 bits per heavy atom. The van der Waals surface area contributed by atoms with E-state index in [2.05, 4.69) is 20.2 Å². The monoisotopic (exact) mass is 242 g/mol. The Kier molecular flexibility index (Phi) is 4.20. The summed E-state index contributed by atoms with van der Waals surface area (Å²) in [6.07, 6.45) is 3.66. The van der Waals surface area contributed by atoms with Gasteiger partial charge in [0, 0.05) is 11.5 Å². The molecule has 0 radical (unpaired) electrons. The second kappa shape index (κ2) is 5.88. The molecule has 88 valence electrons. The molecule has 1 aliphatic heterocycles. The Bertz CT molecular complexity index is 324. The van der Waals surface area contributed by atoms with E-state index in [-0.39, 0.29) is 18.6 Å². The van der Waals surface area contributed by atoms with Crippen molar-refractivity contribution in [2.45, 2.75) is 18.9 Å². The fourth-order valence-electron chi connectivity index (χ4n) is 1.55. The molecule has 1 fully saturated rings. The minimum absolute atomic E-state index is 0.0998. The molecule has 0 spiro atoms. The zero-order valence-electron chi connectivity index (χ0n) is 8.81. The number of hydrogen-bond donors (Lipinski definition) is 2. The van der Waals surface area contributed by atoms with Crippen LogP contribution in [-0.4, -0.2) is 41.3 Å². The number of rotatable bonds is 4. The summed E-state index contributed by atoms with van der Waals surface area (Å²) in [5, 5.41) is 10.2. The molecule has 1 aromatic heterocycles. The second-order valence-corrected chi connectivity index (χ2v) is 4.38. The summed E-state index contributed by atoms with van der Waals surface area (Å²) >= 11 is 1.15. The van der Waals surface area contributed by atoms with Crippen LogP contribution in [0, 0.1) is 0 Å². The topological polar surface area (TPSA) is 76.1 Å². The van der Waals surface area contributed by atoms with E-state index < -0.39 is 0 Å². The van der Waals surface area contributed by atoms with Crippen molar-refractivity contribution in [3.63, 3.8) is 0 Å². The summed E-state index contributed by atoms with van der Waals surface area (Å²) in [5.41, 5.74) is 0. The Labute approximate surface area is 97.5 Å². The molecule has 1 saturated heterocycles. The highest BCUT2D eigenvalue weighted by Crippen LogP contribution is 2.10. The van der Waals surface area contributed by atoms with Crippen molar-refractivity contribution in [1.82, 2.24) is 14.9 Å². The van der Waals surface area contributed by atoms with Gasteiger partial charge in [-0.1, -0.05) is 4.49 Å². The predicted molar refractivity (Wildman–Crippen MR) is 60.4 cm³/mol. The predicted octanol–water partition coefficient (Wildman–Crippen LogP) is 0.245. The molecule has 0 aliphatic carbocycles. The van der Waals surface area contributed by atoms with E-state index in [0.717, 1.165) is 37.5 Å². The lowest BCUT2D eigenvalue weighted by atomic mass is 10.1. The Morgan fingerprint density at radius 1 is 1.62 bits per heavy atom. The summed E-state index contributed by atoms with van der Waals surface area (Å²) < 4.78 is 9.16. The van der Waals surface area contributed by atoms with Crippen molar-refractivity contribution in [1.29, 1.82) is 0 Å². The third-order valence-electron chi connectivity index (χ3n) is 2.36. The number of nitrogens with one attached hydrogen (secondary N) is 2. The first-order valence-corrected chi connectivity index (χ1v) is 6.01. The Balaban J connectivity index is 1.67. The number of anilines is 1. The highest BCUT2D eigenvalue weighted by atomic mass is 32.1. The summed E-state index contributed by atoms with van der Waals surface area (Å²) in [5.74, 6) is -0.149. The molecule has 1 amide bonds. The van der Waals surface area contributed by atoms with Crippen LogP contribution < -0.4 is 10.6 Å². The van der Waals surface area contributed by atoms with Crippen molar-refractivity contribution in [2.24, 2.45) is 0 Å². The lowest BCUT2D eigenvalue weighted by Gasteiger charge is -2.22. The van der Waals surface area contributed by atoms with Crippen molar-refractivity contribution in [3.8, 4) is 0 Å². The van der Waals surface area contributed by atoms with E-state index in [1.165, 1.54) is 6.20 Å². The number of aromatic nitrogens is 2. The van der Waals surface area contributed by atoms with Crippen LogP contribution in [0.4, 0.5) is 5.00 Å². The average molecular weight is 242 g/mol. The first-order valence-electron chi connectivity index (χ1n) is 5.24. The van der Waals surface area contributed by atoms with Gasteiger partial charge in [-0.05, 0) is 25.9 Å². The number of carbonyl (C=O) groups excluding carboxylic acids is 1. The van der Waals surface area contributed by atoms with Crippen molar-refractivity contribution in [2.75, 3.05) is 25.0 Å². The average Bonchev–Trinajstić information content (AvgIpc) is 2.81. The zero-order valence-corrected chi connectivity index (χ0v) is 9.63. The van der Waals surface area contributed by atoms with Gasteiger partial charge in [0.2, 0.25) is 0 Å². The normalized spacial score (nSPS) is 17.2. The number of amides is 1. The van der Waals surface area contributed by atoms with Gasteiger partial charge in [-0.15, -0.1) is 5.10 Å². The van der Waals surface area contributed by atoms with Gasteiger partial charge in [0.15, 0.2) is 0 Å². The molecule has 0 atom stereocenters. The summed E-state index contributed by atoms with van der Waals surface area (Å²) in [4.78, 5) is 11.5. The molecule has 6 nitrogen and oxygen atoms in total. The molecular formula is C9H14N4O2S. The minimum atomic E-state index is -0.149. The van der Waals surface area contributed by atoms with Gasteiger partial charge in [0.1, 0.15) is 11.6 Å². The summed E-state index contributed by atoms with van der Waals surface area (Å²) in [6.45, 7) is 2.03. The van der Waals surface area contributed by atoms with Gasteiger partial charge < -0.3 is 15.4 Å². The number of nitrogens with zero attached hydrogens (tertiary/aromatic N) is 2. The molecule has 0 bridgehead atoms. The van der Waals surface area contributed by atoms with Gasteiger partial charge in [0.25, 0.3) is 5.91 Å². The maximum absolute atomic E-state index is 11.5. The highest BCUT2D eigenvalue weighted by Gasteiger charge is 2.14. The van der Waals surface area contributed by atoms with Crippen molar-refractivity contribution < 1.29 is 9.53 Å². The van der Waals surface area contributed by atoms with E-state index in [9.17, 15) is 4.79 Å². The van der Waals surface area contributed by atoms with Gasteiger partial charge >= 0.3 is 0 Å². The number of hydrogen-bond acceptors (Lipinski definition) is 6. The van der Waals surface area contributed by atoms with Gasteiger partial charge in [-0.25, -0.2) is 0 Å². The quantitative estimate of drug-likeness (QED) is 0.791. The first-order chi connectivity index (χ1) is 7.84. The number of piperidine rings is 1. The zero-order chi connectivity index (χ0) is 11.2. The SMILES string of the molecule is O=C(COC1CCNCC1)Nc1cnns1. The highest BCUT2D eigenvalue weighted by molar-refractivity contribution is 7.10. The molecule has 1 aliphatic rings. The Hall–Kier alpha value is -1.05. The third-order valence-corrected chi connectivity index (χ3v) is 2.94. The molecule has 0 saturated carbocycles. The molecular weight excluding hydrogens is 228 g/mol. The van der Waals surface area contributed by atoms with Gasteiger partial charge in [0.05, 0.1) is 12.3 Å². The number of carbonyl (C=O) groups is 1. The lowest BCUT2D eigenvalue weighted by Crippen LogP contribution is -2.34. The van der Waals surface area contributed by atoms with Crippen LogP contribution in [-0.2, 0) is 9.53 Å². The maximum Gasteiger partial charge on any atom is 0.251 e.